The number of hydrogen-bond acceptors (Lipinski definition) is 3. The predicted octanol–water partition coefficient (Wildman–Crippen LogP) is 2.56. The van der Waals surface area contributed by atoms with Gasteiger partial charge in [0.2, 0.25) is 0 Å². The van der Waals surface area contributed by atoms with Crippen LogP contribution in [0.2, 0.25) is 0 Å². The Hall–Kier alpha value is 0.0400. The maximum atomic E-state index is 4.03. The maximum absolute atomic E-state index is 4.03. The minimum Gasteiger partial charge on any atom is -0.143 e. The first-order chi connectivity index (χ1) is 4.74. The summed E-state index contributed by atoms with van der Waals surface area (Å²) in [5, 5.41) is 11.0. The predicted molar refractivity (Wildman–Crippen MR) is 46.6 cm³/mol. The van der Waals surface area contributed by atoms with Gasteiger partial charge in [0.15, 0.2) is 0 Å². The Morgan fingerprint density at radius 1 is 1.50 bits per heavy atom. The van der Waals surface area contributed by atoms with Crippen molar-refractivity contribution in [1.82, 2.24) is 10.2 Å². The van der Waals surface area contributed by atoms with E-state index in [-0.39, 0.29) is 0 Å². The fraction of sp³-hybridized carbons (Fsp3) is 0.667. The second kappa shape index (κ2) is 3.44. The monoisotopic (exact) mass is 220 g/mol. The van der Waals surface area contributed by atoms with Crippen LogP contribution in [0.1, 0.15) is 29.8 Å². The molecule has 0 aliphatic carbocycles. The molecule has 4 heteroatoms. The summed E-state index contributed by atoms with van der Waals surface area (Å²) < 4.78 is 0. The molecule has 56 valence electrons. The summed E-state index contributed by atoms with van der Waals surface area (Å²) in [6, 6.07) is 0. The van der Waals surface area contributed by atoms with E-state index >= 15 is 0 Å². The molecule has 0 N–H and O–H groups in total. The van der Waals surface area contributed by atoms with Crippen molar-refractivity contribution in [3.63, 3.8) is 0 Å². The lowest BCUT2D eigenvalue weighted by Gasteiger charge is -1.92. The number of aromatic nitrogens is 2. The van der Waals surface area contributed by atoms with Crippen LogP contribution in [0.25, 0.3) is 0 Å². The van der Waals surface area contributed by atoms with Crippen LogP contribution in [-0.4, -0.2) is 10.2 Å². The maximum Gasteiger partial charge on any atom is 0.128 e. The first-order valence-electron chi connectivity index (χ1n) is 3.12. The minimum absolute atomic E-state index is 0.505. The molecule has 0 fully saturated rings. The number of rotatable bonds is 2. The number of nitrogens with zero attached hydrogens (tertiary/aromatic N) is 2. The Balaban J connectivity index is 2.78. The molecule has 2 nitrogen and oxygen atoms in total. The summed E-state index contributed by atoms with van der Waals surface area (Å²) in [6.45, 7) is 4.25. The van der Waals surface area contributed by atoms with Crippen LogP contribution in [0.15, 0.2) is 0 Å². The zero-order valence-corrected chi connectivity index (χ0v) is 8.37. The highest BCUT2D eigenvalue weighted by atomic mass is 79.9. The second-order valence-corrected chi connectivity index (χ2v) is 3.98. The molecule has 0 aliphatic rings. The van der Waals surface area contributed by atoms with Crippen LogP contribution in [0.3, 0.4) is 0 Å². The van der Waals surface area contributed by atoms with Crippen molar-refractivity contribution in [2.24, 2.45) is 0 Å². The topological polar surface area (TPSA) is 25.8 Å². The number of alkyl halides is 1. The van der Waals surface area contributed by atoms with E-state index in [0.717, 1.165) is 15.3 Å². The van der Waals surface area contributed by atoms with Gasteiger partial charge >= 0.3 is 0 Å². The summed E-state index contributed by atoms with van der Waals surface area (Å²) in [6.07, 6.45) is 0. The highest BCUT2D eigenvalue weighted by molar-refractivity contribution is 9.08. The molecule has 1 aromatic rings. The van der Waals surface area contributed by atoms with Crippen LogP contribution < -0.4 is 0 Å². The smallest absolute Gasteiger partial charge is 0.128 e. The molecule has 0 radical (unpaired) electrons. The molecule has 0 bridgehead atoms. The quantitative estimate of drug-likeness (QED) is 0.717. The van der Waals surface area contributed by atoms with Crippen LogP contribution >= 0.6 is 27.3 Å². The van der Waals surface area contributed by atoms with E-state index in [9.17, 15) is 0 Å². The Labute approximate surface area is 72.8 Å². The first-order valence-corrected chi connectivity index (χ1v) is 5.06. The lowest BCUT2D eigenvalue weighted by atomic mass is 10.2. The summed E-state index contributed by atoms with van der Waals surface area (Å²) in [5.74, 6) is 0.505. The van der Waals surface area contributed by atoms with E-state index in [4.69, 9.17) is 0 Å². The van der Waals surface area contributed by atoms with Gasteiger partial charge in [-0.2, -0.15) is 0 Å². The average molecular weight is 221 g/mol. The molecule has 0 saturated heterocycles. The molecule has 0 saturated carbocycles. The van der Waals surface area contributed by atoms with Crippen molar-refractivity contribution in [1.29, 1.82) is 0 Å². The van der Waals surface area contributed by atoms with Gasteiger partial charge in [-0.3, -0.25) is 0 Å². The van der Waals surface area contributed by atoms with E-state index < -0.39 is 0 Å². The van der Waals surface area contributed by atoms with Gasteiger partial charge in [0.25, 0.3) is 0 Å². The van der Waals surface area contributed by atoms with E-state index in [2.05, 4.69) is 40.0 Å². The summed E-state index contributed by atoms with van der Waals surface area (Å²) in [7, 11) is 0. The Bertz CT molecular complexity index is 209. The van der Waals surface area contributed by atoms with Gasteiger partial charge in [0.1, 0.15) is 10.0 Å². The third kappa shape index (κ3) is 1.76. The van der Waals surface area contributed by atoms with E-state index in [1.54, 1.807) is 11.3 Å². The molecular formula is C6H9BrN2S. The third-order valence-corrected chi connectivity index (χ3v) is 3.22. The van der Waals surface area contributed by atoms with Gasteiger partial charge in [-0.05, 0) is 0 Å². The Morgan fingerprint density at radius 2 is 2.20 bits per heavy atom. The molecule has 0 amide bonds. The van der Waals surface area contributed by atoms with Crippen LogP contribution in [0.4, 0.5) is 0 Å². The van der Waals surface area contributed by atoms with Crippen molar-refractivity contribution in [2.45, 2.75) is 25.1 Å². The summed E-state index contributed by atoms with van der Waals surface area (Å²) in [4.78, 5) is 0. The molecule has 0 unspecified atom stereocenters. The molecule has 0 aliphatic heterocycles. The second-order valence-electron chi connectivity index (χ2n) is 2.32. The molecule has 1 aromatic heterocycles. The van der Waals surface area contributed by atoms with Crippen molar-refractivity contribution in [3.05, 3.63) is 10.0 Å². The fourth-order valence-corrected chi connectivity index (χ4v) is 1.70. The lowest BCUT2D eigenvalue weighted by Crippen LogP contribution is -1.83. The van der Waals surface area contributed by atoms with Crippen molar-refractivity contribution in [2.75, 3.05) is 0 Å². The normalized spacial score (nSPS) is 10.8. The third-order valence-electron chi connectivity index (χ3n) is 1.09. The summed E-state index contributed by atoms with van der Waals surface area (Å²) >= 11 is 5.00. The zero-order chi connectivity index (χ0) is 7.56. The van der Waals surface area contributed by atoms with Crippen LogP contribution in [0.5, 0.6) is 0 Å². The van der Waals surface area contributed by atoms with Crippen LogP contribution in [0, 0.1) is 0 Å². The van der Waals surface area contributed by atoms with Crippen LogP contribution in [-0.2, 0) is 5.33 Å². The Morgan fingerprint density at radius 3 is 2.50 bits per heavy atom. The van der Waals surface area contributed by atoms with Crippen molar-refractivity contribution < 1.29 is 0 Å². The average Bonchev–Trinajstić information content (AvgIpc) is 2.34. The van der Waals surface area contributed by atoms with E-state index in [0.29, 0.717) is 5.92 Å². The lowest BCUT2D eigenvalue weighted by molar-refractivity contribution is 0.821. The molecule has 1 heterocycles. The Kier molecular flexibility index (Phi) is 2.80. The fourth-order valence-electron chi connectivity index (χ4n) is 0.554. The van der Waals surface area contributed by atoms with Crippen molar-refractivity contribution >= 4 is 27.3 Å². The molecule has 0 atom stereocenters. The van der Waals surface area contributed by atoms with Gasteiger partial charge in [0.05, 0.1) is 5.33 Å². The first kappa shape index (κ1) is 8.14. The van der Waals surface area contributed by atoms with Gasteiger partial charge in [-0.1, -0.05) is 29.8 Å². The van der Waals surface area contributed by atoms with Gasteiger partial charge in [-0.15, -0.1) is 21.5 Å². The molecule has 10 heavy (non-hydrogen) atoms. The highest BCUT2D eigenvalue weighted by Gasteiger charge is 2.05. The highest BCUT2D eigenvalue weighted by Crippen LogP contribution is 2.19. The van der Waals surface area contributed by atoms with Gasteiger partial charge in [0, 0.05) is 5.92 Å². The van der Waals surface area contributed by atoms with E-state index in [1.165, 1.54) is 0 Å². The molecule has 1 rings (SSSR count). The molecule has 0 spiro atoms. The number of halogens is 1. The molecule has 0 aromatic carbocycles. The zero-order valence-electron chi connectivity index (χ0n) is 5.97. The summed E-state index contributed by atoms with van der Waals surface area (Å²) in [5.41, 5.74) is 0. The van der Waals surface area contributed by atoms with E-state index in [1.807, 2.05) is 0 Å². The molecular weight excluding hydrogens is 212 g/mol. The minimum atomic E-state index is 0.505. The van der Waals surface area contributed by atoms with Gasteiger partial charge in [-0.25, -0.2) is 0 Å². The SMILES string of the molecule is CC(C)c1nnc(CBr)s1. The van der Waals surface area contributed by atoms with Crippen molar-refractivity contribution in [3.8, 4) is 0 Å². The number of hydrogen-bond donors (Lipinski definition) is 0. The standard InChI is InChI=1S/C6H9BrN2S/c1-4(2)6-9-8-5(3-7)10-6/h4H,3H2,1-2H3. The largest absolute Gasteiger partial charge is 0.143 e. The van der Waals surface area contributed by atoms with Gasteiger partial charge < -0.3 is 0 Å².